The van der Waals surface area contributed by atoms with E-state index in [1.807, 2.05) is 0 Å². The molecule has 0 saturated heterocycles. The topological polar surface area (TPSA) is 157 Å². The molecule has 0 aliphatic heterocycles. The zero-order valence-electron chi connectivity index (χ0n) is 26.0. The number of carbonyl (C=O) groups excluding carboxylic acids is 6. The fraction of sp³-hybridized carbons (Fsp3) is 0.294. The van der Waals surface area contributed by atoms with Crippen molar-refractivity contribution in [3.63, 3.8) is 0 Å². The van der Waals surface area contributed by atoms with Crippen LogP contribution in [0.5, 0.6) is 17.2 Å². The Kier molecular flexibility index (Phi) is 13.4. The average Bonchev–Trinajstić information content (AvgIpc) is 3.05. The molecule has 3 amide bonds. The number of nitrogens with one attached hydrogen (secondary N) is 2. The van der Waals surface area contributed by atoms with Gasteiger partial charge >= 0.3 is 0 Å². The molecule has 242 valence electrons. The first-order chi connectivity index (χ1) is 22.0. The van der Waals surface area contributed by atoms with Crippen LogP contribution in [0, 0.1) is 0 Å². The molecule has 46 heavy (non-hydrogen) atoms. The second kappa shape index (κ2) is 17.7. The molecule has 0 radical (unpaired) electrons. The maximum absolute atomic E-state index is 13.1. The van der Waals surface area contributed by atoms with Gasteiger partial charge in [0.2, 0.25) is 0 Å². The van der Waals surface area contributed by atoms with E-state index in [4.69, 9.17) is 14.2 Å². The molecule has 3 aromatic carbocycles. The van der Waals surface area contributed by atoms with E-state index in [2.05, 4.69) is 10.6 Å². The number of ether oxygens (including phenoxy) is 3. The molecule has 0 saturated carbocycles. The van der Waals surface area contributed by atoms with Gasteiger partial charge in [0.05, 0.1) is 0 Å². The van der Waals surface area contributed by atoms with Crippen LogP contribution in [0.3, 0.4) is 0 Å². The van der Waals surface area contributed by atoms with E-state index in [1.54, 1.807) is 72.8 Å². The van der Waals surface area contributed by atoms with Gasteiger partial charge in [-0.1, -0.05) is 36.4 Å². The minimum atomic E-state index is -0.433. The molecule has 0 fully saturated rings. The van der Waals surface area contributed by atoms with Gasteiger partial charge in [-0.15, -0.1) is 0 Å². The Morgan fingerprint density at radius 3 is 1.24 bits per heavy atom. The van der Waals surface area contributed by atoms with Gasteiger partial charge < -0.3 is 29.7 Å². The highest BCUT2D eigenvalue weighted by molar-refractivity contribution is 5.95. The maximum atomic E-state index is 13.1. The summed E-state index contributed by atoms with van der Waals surface area (Å²) >= 11 is 0. The van der Waals surface area contributed by atoms with Gasteiger partial charge in [0.15, 0.2) is 37.2 Å². The van der Waals surface area contributed by atoms with Crippen molar-refractivity contribution in [1.29, 1.82) is 0 Å². The van der Waals surface area contributed by atoms with Gasteiger partial charge in [-0.25, -0.2) is 0 Å². The molecule has 0 unspecified atom stereocenters. The average molecular weight is 632 g/mol. The molecular weight excluding hydrogens is 594 g/mol. The van der Waals surface area contributed by atoms with Crippen LogP contribution >= 0.6 is 0 Å². The minimum absolute atomic E-state index is 0.0881. The predicted octanol–water partition coefficient (Wildman–Crippen LogP) is 2.89. The Hall–Kier alpha value is -5.52. The number of rotatable bonds is 18. The van der Waals surface area contributed by atoms with Gasteiger partial charge in [0.25, 0.3) is 17.7 Å². The van der Waals surface area contributed by atoms with E-state index in [0.717, 1.165) is 0 Å². The molecule has 0 aliphatic carbocycles. The molecule has 12 nitrogen and oxygen atoms in total. The summed E-state index contributed by atoms with van der Waals surface area (Å²) < 4.78 is 16.6. The third-order valence-corrected chi connectivity index (χ3v) is 6.58. The summed E-state index contributed by atoms with van der Waals surface area (Å²) in [6.07, 6.45) is 0. The highest BCUT2D eigenvalue weighted by atomic mass is 16.5. The first-order valence-corrected chi connectivity index (χ1v) is 14.5. The maximum Gasteiger partial charge on any atom is 0.260 e. The van der Waals surface area contributed by atoms with Gasteiger partial charge in [-0.3, -0.25) is 28.8 Å². The number of hydrogen-bond acceptors (Lipinski definition) is 9. The summed E-state index contributed by atoms with van der Waals surface area (Å²) in [6.45, 7) is 3.75. The van der Waals surface area contributed by atoms with E-state index >= 15 is 0 Å². The van der Waals surface area contributed by atoms with Crippen LogP contribution in [0.2, 0.25) is 0 Å². The van der Waals surface area contributed by atoms with Gasteiger partial charge in [-0.05, 0) is 57.2 Å². The number of ketones is 3. The van der Waals surface area contributed by atoms with Crippen LogP contribution in [0.15, 0.2) is 72.8 Å². The van der Waals surface area contributed by atoms with Gasteiger partial charge in [0, 0.05) is 42.9 Å². The SMILES string of the molecule is CC(=O)c1cccc(OCC(=O)NCCN(CCNC(=O)COc2cccc(C(C)=O)c2)C(=O)COc2cccc(C(C)=O)c2)c1. The smallest absolute Gasteiger partial charge is 0.260 e. The molecule has 0 spiro atoms. The lowest BCUT2D eigenvalue weighted by atomic mass is 10.1. The molecule has 0 heterocycles. The Morgan fingerprint density at radius 1 is 0.543 bits per heavy atom. The molecule has 0 bridgehead atoms. The standard InChI is InChI=1S/C34H37N3O9/c1-23(38)26-7-4-10-29(17-26)44-20-32(41)35-13-15-37(34(43)22-46-31-12-6-9-28(19-31)25(3)40)16-14-36-33(42)21-45-30-11-5-8-27(18-30)24(2)39/h4-12,17-19H,13-16,20-22H2,1-3H3,(H,35,41)(H,36,42). The number of nitrogens with zero attached hydrogens (tertiary/aromatic N) is 1. The lowest BCUT2D eigenvalue weighted by Gasteiger charge is -2.23. The normalized spacial score (nSPS) is 10.3. The second-order valence-corrected chi connectivity index (χ2v) is 10.2. The summed E-state index contributed by atoms with van der Waals surface area (Å²) in [5.74, 6) is -0.582. The Bertz CT molecular complexity index is 1490. The summed E-state index contributed by atoms with van der Waals surface area (Å²) in [4.78, 5) is 74.1. The Labute approximate surface area is 267 Å². The number of Topliss-reactive ketones (excluding diaryl/α,β-unsaturated/α-hetero) is 3. The second-order valence-electron chi connectivity index (χ2n) is 10.2. The molecule has 3 rings (SSSR count). The monoisotopic (exact) mass is 631 g/mol. The van der Waals surface area contributed by atoms with Crippen LogP contribution in [0.4, 0.5) is 0 Å². The Balaban J connectivity index is 1.52. The van der Waals surface area contributed by atoms with Crippen LogP contribution < -0.4 is 24.8 Å². The van der Waals surface area contributed by atoms with Crippen LogP contribution in [0.25, 0.3) is 0 Å². The van der Waals surface area contributed by atoms with Gasteiger partial charge in [0.1, 0.15) is 17.2 Å². The van der Waals surface area contributed by atoms with E-state index < -0.39 is 17.7 Å². The van der Waals surface area contributed by atoms with Gasteiger partial charge in [-0.2, -0.15) is 0 Å². The van der Waals surface area contributed by atoms with E-state index in [9.17, 15) is 28.8 Å². The number of hydrogen-bond donors (Lipinski definition) is 2. The molecule has 12 heteroatoms. The number of benzene rings is 3. The highest BCUT2D eigenvalue weighted by Gasteiger charge is 2.16. The minimum Gasteiger partial charge on any atom is -0.484 e. The first-order valence-electron chi connectivity index (χ1n) is 14.5. The summed E-state index contributed by atoms with van der Waals surface area (Å²) in [6, 6.07) is 19.4. The zero-order valence-corrected chi connectivity index (χ0v) is 26.0. The Morgan fingerprint density at radius 2 is 0.891 bits per heavy atom. The molecule has 0 aliphatic rings. The van der Waals surface area contributed by atoms with Crippen molar-refractivity contribution in [2.45, 2.75) is 20.8 Å². The van der Waals surface area contributed by atoms with Crippen molar-refractivity contribution in [3.8, 4) is 17.2 Å². The van der Waals surface area contributed by atoms with Crippen molar-refractivity contribution in [2.24, 2.45) is 0 Å². The van der Waals surface area contributed by atoms with Crippen molar-refractivity contribution in [2.75, 3.05) is 46.0 Å². The number of carbonyl (C=O) groups is 6. The molecule has 0 aromatic heterocycles. The third kappa shape index (κ3) is 11.9. The predicted molar refractivity (Wildman–Crippen MR) is 168 cm³/mol. The first kappa shape index (κ1) is 35.0. The van der Waals surface area contributed by atoms with Crippen molar-refractivity contribution < 1.29 is 43.0 Å². The largest absolute Gasteiger partial charge is 0.484 e. The quantitative estimate of drug-likeness (QED) is 0.202. The molecule has 3 aromatic rings. The number of amides is 3. The summed E-state index contributed by atoms with van der Waals surface area (Å²) in [5, 5.41) is 5.37. The third-order valence-electron chi connectivity index (χ3n) is 6.58. The van der Waals surface area contributed by atoms with E-state index in [1.165, 1.54) is 25.7 Å². The molecule has 0 atom stereocenters. The van der Waals surface area contributed by atoms with Crippen LogP contribution in [-0.4, -0.2) is 86.0 Å². The van der Waals surface area contributed by atoms with Crippen LogP contribution in [0.1, 0.15) is 51.8 Å². The lowest BCUT2D eigenvalue weighted by Crippen LogP contribution is -2.45. The summed E-state index contributed by atoms with van der Waals surface area (Å²) in [7, 11) is 0. The summed E-state index contributed by atoms with van der Waals surface area (Å²) in [5.41, 5.74) is 1.36. The van der Waals surface area contributed by atoms with Crippen molar-refractivity contribution >= 4 is 35.1 Å². The molecular formula is C34H37N3O9. The molecule has 2 N–H and O–H groups in total. The van der Waals surface area contributed by atoms with E-state index in [0.29, 0.717) is 33.9 Å². The fourth-order valence-electron chi connectivity index (χ4n) is 4.07. The van der Waals surface area contributed by atoms with Crippen molar-refractivity contribution in [3.05, 3.63) is 89.5 Å². The highest BCUT2D eigenvalue weighted by Crippen LogP contribution is 2.15. The van der Waals surface area contributed by atoms with Crippen molar-refractivity contribution in [1.82, 2.24) is 15.5 Å². The van der Waals surface area contributed by atoms with Crippen LogP contribution in [-0.2, 0) is 14.4 Å². The zero-order chi connectivity index (χ0) is 33.5. The van der Waals surface area contributed by atoms with E-state index in [-0.39, 0.29) is 63.3 Å². The lowest BCUT2D eigenvalue weighted by molar-refractivity contribution is -0.134. The fourth-order valence-corrected chi connectivity index (χ4v) is 4.07.